The summed E-state index contributed by atoms with van der Waals surface area (Å²) in [5, 5.41) is 1.46. The molecule has 1 aromatic carbocycles. The van der Waals surface area contributed by atoms with Crippen molar-refractivity contribution in [2.24, 2.45) is 5.92 Å². The number of carbonyl (C=O) groups excluding carboxylic acids is 1. The average molecular weight is 353 g/mol. The van der Waals surface area contributed by atoms with Crippen molar-refractivity contribution in [2.45, 2.75) is 27.4 Å². The van der Waals surface area contributed by atoms with Crippen LogP contribution in [0.2, 0.25) is 5.02 Å². The molecule has 4 nitrogen and oxygen atoms in total. The van der Waals surface area contributed by atoms with E-state index in [1.165, 1.54) is 11.3 Å². The van der Waals surface area contributed by atoms with Gasteiger partial charge in [0.15, 0.2) is 0 Å². The summed E-state index contributed by atoms with van der Waals surface area (Å²) in [5.74, 6) is 1.18. The molecule has 2 aromatic rings. The Bertz CT molecular complexity index is 668. The minimum atomic E-state index is 0.0199. The highest BCUT2D eigenvalue weighted by Crippen LogP contribution is 2.22. The summed E-state index contributed by atoms with van der Waals surface area (Å²) in [6.45, 7) is 7.11. The first-order valence-corrected chi connectivity index (χ1v) is 8.66. The summed E-state index contributed by atoms with van der Waals surface area (Å²) in [7, 11) is 1.82. The minimum Gasteiger partial charge on any atom is -0.486 e. The van der Waals surface area contributed by atoms with Crippen molar-refractivity contribution in [1.82, 2.24) is 9.88 Å². The van der Waals surface area contributed by atoms with Crippen molar-refractivity contribution in [3.05, 3.63) is 44.9 Å². The Morgan fingerprint density at radius 3 is 2.61 bits per heavy atom. The number of thiazole rings is 1. The van der Waals surface area contributed by atoms with Crippen molar-refractivity contribution in [1.29, 1.82) is 0 Å². The van der Waals surface area contributed by atoms with Gasteiger partial charge >= 0.3 is 0 Å². The largest absolute Gasteiger partial charge is 0.486 e. The van der Waals surface area contributed by atoms with E-state index in [0.717, 1.165) is 23.0 Å². The zero-order valence-corrected chi connectivity index (χ0v) is 15.4. The maximum atomic E-state index is 12.5. The molecule has 0 N–H and O–H groups in total. The molecule has 23 heavy (non-hydrogen) atoms. The lowest BCUT2D eigenvalue weighted by atomic mass is 10.2. The first-order valence-electron chi connectivity index (χ1n) is 7.47. The zero-order valence-electron chi connectivity index (χ0n) is 13.8. The fourth-order valence-electron chi connectivity index (χ4n) is 2.19. The van der Waals surface area contributed by atoms with Crippen LogP contribution in [0.3, 0.4) is 0 Å². The van der Waals surface area contributed by atoms with Gasteiger partial charge in [0.05, 0.1) is 5.69 Å². The Kier molecular flexibility index (Phi) is 6.02. The van der Waals surface area contributed by atoms with Gasteiger partial charge in [0, 0.05) is 18.6 Å². The summed E-state index contributed by atoms with van der Waals surface area (Å²) < 4.78 is 5.68. The van der Waals surface area contributed by atoms with E-state index in [2.05, 4.69) is 18.8 Å². The van der Waals surface area contributed by atoms with E-state index in [4.69, 9.17) is 16.3 Å². The topological polar surface area (TPSA) is 42.4 Å². The van der Waals surface area contributed by atoms with Crippen LogP contribution in [0.5, 0.6) is 5.75 Å². The maximum Gasteiger partial charge on any atom is 0.265 e. The Balaban J connectivity index is 2.02. The molecule has 0 bridgehead atoms. The molecule has 2 rings (SSSR count). The molecule has 0 saturated heterocycles. The van der Waals surface area contributed by atoms with Crippen molar-refractivity contribution in [2.75, 3.05) is 13.6 Å². The predicted octanol–water partition coefficient (Wildman–Crippen LogP) is 4.41. The number of rotatable bonds is 6. The molecule has 0 aliphatic heterocycles. The number of hydrogen-bond donors (Lipinski definition) is 0. The molecule has 0 aliphatic rings. The van der Waals surface area contributed by atoms with E-state index < -0.39 is 0 Å². The quantitative estimate of drug-likeness (QED) is 0.773. The van der Waals surface area contributed by atoms with Crippen LogP contribution in [0.15, 0.2) is 24.3 Å². The summed E-state index contributed by atoms with van der Waals surface area (Å²) in [5.41, 5.74) is 0.755. The molecule has 1 heterocycles. The second-order valence-electron chi connectivity index (χ2n) is 5.84. The van der Waals surface area contributed by atoms with Gasteiger partial charge in [-0.15, -0.1) is 11.3 Å². The highest BCUT2D eigenvalue weighted by atomic mass is 35.5. The highest BCUT2D eigenvalue weighted by molar-refractivity contribution is 7.13. The maximum absolute atomic E-state index is 12.5. The highest BCUT2D eigenvalue weighted by Gasteiger charge is 2.19. The molecule has 1 aromatic heterocycles. The molecule has 0 fully saturated rings. The molecular formula is C17H21ClN2O2S. The predicted molar refractivity (Wildman–Crippen MR) is 94.4 cm³/mol. The summed E-state index contributed by atoms with van der Waals surface area (Å²) >= 11 is 7.24. The van der Waals surface area contributed by atoms with Crippen LogP contribution in [-0.4, -0.2) is 29.4 Å². The lowest BCUT2D eigenvalue weighted by molar-refractivity contribution is 0.0783. The number of halogens is 1. The van der Waals surface area contributed by atoms with E-state index in [9.17, 15) is 4.79 Å². The first-order chi connectivity index (χ1) is 10.9. The molecule has 124 valence electrons. The number of nitrogens with zero attached hydrogens (tertiary/aromatic N) is 2. The van der Waals surface area contributed by atoms with Crippen LogP contribution in [0.4, 0.5) is 0 Å². The molecule has 1 amide bonds. The molecule has 0 saturated carbocycles. The van der Waals surface area contributed by atoms with Gasteiger partial charge in [-0.05, 0) is 37.1 Å². The number of benzene rings is 1. The molecule has 6 heteroatoms. The number of aromatic nitrogens is 1. The van der Waals surface area contributed by atoms with Gasteiger partial charge in [0.2, 0.25) is 0 Å². The Labute approximate surface area is 146 Å². The normalized spacial score (nSPS) is 10.9. The minimum absolute atomic E-state index is 0.0199. The molecule has 0 aliphatic carbocycles. The number of carbonyl (C=O) groups is 1. The van der Waals surface area contributed by atoms with Crippen LogP contribution in [0.1, 0.15) is 34.2 Å². The SMILES string of the molecule is Cc1nc(COc2ccc(Cl)cc2)sc1C(=O)N(C)CC(C)C. The molecule has 0 radical (unpaired) electrons. The third kappa shape index (κ3) is 4.94. The van der Waals surface area contributed by atoms with E-state index in [0.29, 0.717) is 22.4 Å². The Morgan fingerprint density at radius 1 is 1.35 bits per heavy atom. The molecule has 0 atom stereocenters. The third-order valence-corrected chi connectivity index (χ3v) is 4.57. The Hall–Kier alpha value is -1.59. The van der Waals surface area contributed by atoms with Gasteiger partial charge in [-0.3, -0.25) is 4.79 Å². The van der Waals surface area contributed by atoms with Crippen molar-refractivity contribution in [3.63, 3.8) is 0 Å². The van der Waals surface area contributed by atoms with Gasteiger partial charge in [-0.2, -0.15) is 0 Å². The number of ether oxygens (including phenoxy) is 1. The smallest absolute Gasteiger partial charge is 0.265 e. The third-order valence-electron chi connectivity index (χ3n) is 3.20. The molecular weight excluding hydrogens is 332 g/mol. The van der Waals surface area contributed by atoms with Gasteiger partial charge in [-0.25, -0.2) is 4.98 Å². The van der Waals surface area contributed by atoms with Crippen LogP contribution in [-0.2, 0) is 6.61 Å². The second-order valence-corrected chi connectivity index (χ2v) is 7.36. The van der Waals surface area contributed by atoms with Gasteiger partial charge in [0.25, 0.3) is 5.91 Å². The van der Waals surface area contributed by atoms with E-state index in [1.807, 2.05) is 26.1 Å². The lowest BCUT2D eigenvalue weighted by Crippen LogP contribution is -2.30. The van der Waals surface area contributed by atoms with E-state index in [1.54, 1.807) is 17.0 Å². The number of amides is 1. The summed E-state index contributed by atoms with van der Waals surface area (Å²) in [4.78, 5) is 19.3. The van der Waals surface area contributed by atoms with Crippen molar-refractivity contribution < 1.29 is 9.53 Å². The van der Waals surface area contributed by atoms with Crippen LogP contribution < -0.4 is 4.74 Å². The second kappa shape index (κ2) is 7.79. The van der Waals surface area contributed by atoms with Gasteiger partial charge in [0.1, 0.15) is 22.2 Å². The van der Waals surface area contributed by atoms with Gasteiger partial charge < -0.3 is 9.64 Å². The van der Waals surface area contributed by atoms with Crippen molar-refractivity contribution >= 4 is 28.8 Å². The van der Waals surface area contributed by atoms with E-state index >= 15 is 0 Å². The fourth-order valence-corrected chi connectivity index (χ4v) is 3.29. The van der Waals surface area contributed by atoms with Crippen LogP contribution in [0, 0.1) is 12.8 Å². The standard InChI is InChI=1S/C17H21ClN2O2S/c1-11(2)9-20(4)17(21)16-12(3)19-15(23-16)10-22-14-7-5-13(18)6-8-14/h5-8,11H,9-10H2,1-4H3. The average Bonchev–Trinajstić information content (AvgIpc) is 2.86. The van der Waals surface area contributed by atoms with E-state index in [-0.39, 0.29) is 5.91 Å². The monoisotopic (exact) mass is 352 g/mol. The summed E-state index contributed by atoms with van der Waals surface area (Å²) in [6, 6.07) is 7.18. The Morgan fingerprint density at radius 2 is 2.00 bits per heavy atom. The summed E-state index contributed by atoms with van der Waals surface area (Å²) in [6.07, 6.45) is 0. The van der Waals surface area contributed by atoms with Crippen LogP contribution in [0.25, 0.3) is 0 Å². The van der Waals surface area contributed by atoms with Crippen molar-refractivity contribution in [3.8, 4) is 5.75 Å². The molecule has 0 spiro atoms. The molecule has 0 unspecified atom stereocenters. The lowest BCUT2D eigenvalue weighted by Gasteiger charge is -2.18. The first kappa shape index (κ1) is 17.8. The van der Waals surface area contributed by atoms with Crippen LogP contribution >= 0.6 is 22.9 Å². The number of aryl methyl sites for hydroxylation is 1. The van der Waals surface area contributed by atoms with Gasteiger partial charge in [-0.1, -0.05) is 25.4 Å². The number of hydrogen-bond acceptors (Lipinski definition) is 4. The zero-order chi connectivity index (χ0) is 17.0. The fraction of sp³-hybridized carbons (Fsp3) is 0.412.